The van der Waals surface area contributed by atoms with Crippen molar-refractivity contribution in [3.8, 4) is 0 Å². The molecule has 0 N–H and O–H groups in total. The van der Waals surface area contributed by atoms with Crippen LogP contribution in [-0.4, -0.2) is 0 Å². The average molecular weight is 408 g/mol. The molecule has 0 aliphatic heterocycles. The van der Waals surface area contributed by atoms with Gasteiger partial charge in [0.1, 0.15) is 0 Å². The number of hydrogen-bond donors (Lipinski definition) is 0. The molecule has 1 radical (unpaired) electrons. The van der Waals surface area contributed by atoms with E-state index in [-0.39, 0.29) is 0 Å². The van der Waals surface area contributed by atoms with E-state index in [0.717, 1.165) is 6.42 Å². The molecule has 0 nitrogen and oxygen atoms in total. The van der Waals surface area contributed by atoms with Gasteiger partial charge in [0.15, 0.2) is 0 Å². The maximum absolute atomic E-state index is 2.28. The highest BCUT2D eigenvalue weighted by Gasteiger charge is 2.21. The fourth-order valence-corrected chi connectivity index (χ4v) is 4.95. The average Bonchev–Trinajstić information content (AvgIpc) is 2.87. The first-order valence-corrected chi connectivity index (χ1v) is 11.2. The SMILES string of the molecule is c1ccc2c(C[C](c3cccc4ccccc34)c3cccc4ccccc34)cccc2c1. The minimum absolute atomic E-state index is 0.878. The fraction of sp³-hybridized carbons (Fsp3) is 0.0312. The van der Waals surface area contributed by atoms with E-state index in [4.69, 9.17) is 0 Å². The van der Waals surface area contributed by atoms with E-state index < -0.39 is 0 Å². The molecule has 0 aromatic heterocycles. The van der Waals surface area contributed by atoms with Gasteiger partial charge in [-0.15, -0.1) is 0 Å². The summed E-state index contributed by atoms with van der Waals surface area (Å²) in [5.41, 5.74) is 3.98. The van der Waals surface area contributed by atoms with Crippen molar-refractivity contribution in [2.45, 2.75) is 6.42 Å². The molecule has 0 amide bonds. The first-order valence-electron chi connectivity index (χ1n) is 11.2. The molecule has 0 aliphatic carbocycles. The number of benzene rings is 6. The maximum Gasteiger partial charge on any atom is 0.0396 e. The van der Waals surface area contributed by atoms with E-state index in [0.29, 0.717) is 0 Å². The molecule has 6 aromatic rings. The minimum Gasteiger partial charge on any atom is -0.0616 e. The van der Waals surface area contributed by atoms with E-state index in [1.165, 1.54) is 54.9 Å². The summed E-state index contributed by atoms with van der Waals surface area (Å²) in [6.07, 6.45) is 0.878. The second-order valence-corrected chi connectivity index (χ2v) is 8.35. The zero-order valence-electron chi connectivity index (χ0n) is 17.8. The summed E-state index contributed by atoms with van der Waals surface area (Å²) in [6.45, 7) is 0. The molecule has 0 atom stereocenters. The van der Waals surface area contributed by atoms with E-state index in [1.54, 1.807) is 0 Å². The lowest BCUT2D eigenvalue weighted by Gasteiger charge is -2.22. The van der Waals surface area contributed by atoms with Crippen molar-refractivity contribution in [3.05, 3.63) is 150 Å². The minimum atomic E-state index is 0.878. The van der Waals surface area contributed by atoms with Gasteiger partial charge in [-0.25, -0.2) is 0 Å². The van der Waals surface area contributed by atoms with Crippen LogP contribution in [0.2, 0.25) is 0 Å². The fourth-order valence-electron chi connectivity index (χ4n) is 4.95. The zero-order chi connectivity index (χ0) is 21.3. The van der Waals surface area contributed by atoms with Crippen LogP contribution in [0.25, 0.3) is 32.3 Å². The molecule has 0 aliphatic rings. The highest BCUT2D eigenvalue weighted by Crippen LogP contribution is 2.37. The van der Waals surface area contributed by atoms with Crippen molar-refractivity contribution >= 4 is 32.3 Å². The van der Waals surface area contributed by atoms with Crippen LogP contribution < -0.4 is 0 Å². The third-order valence-electron chi connectivity index (χ3n) is 6.48. The van der Waals surface area contributed by atoms with Crippen molar-refractivity contribution < 1.29 is 0 Å². The molecule has 6 aromatic carbocycles. The summed E-state index contributed by atoms with van der Waals surface area (Å²) in [5, 5.41) is 7.78. The normalized spacial score (nSPS) is 11.5. The summed E-state index contributed by atoms with van der Waals surface area (Å²) in [4.78, 5) is 0. The van der Waals surface area contributed by atoms with Crippen LogP contribution in [0.3, 0.4) is 0 Å². The first-order chi connectivity index (χ1) is 15.9. The topological polar surface area (TPSA) is 0 Å². The lowest BCUT2D eigenvalue weighted by atomic mass is 9.81. The largest absolute Gasteiger partial charge is 0.0616 e. The van der Waals surface area contributed by atoms with Gasteiger partial charge in [-0.3, -0.25) is 0 Å². The van der Waals surface area contributed by atoms with Crippen LogP contribution >= 0.6 is 0 Å². The Balaban J connectivity index is 1.61. The third kappa shape index (κ3) is 3.25. The Morgan fingerprint density at radius 2 is 0.781 bits per heavy atom. The lowest BCUT2D eigenvalue weighted by molar-refractivity contribution is 1.05. The Hall–Kier alpha value is -3.90. The van der Waals surface area contributed by atoms with Crippen LogP contribution in [0, 0.1) is 5.92 Å². The van der Waals surface area contributed by atoms with Crippen molar-refractivity contribution in [2.24, 2.45) is 0 Å². The molecule has 0 saturated carbocycles. The standard InChI is InChI=1S/C32H23/c1-4-17-27-23(10-1)13-7-16-26(27)22-32(30-20-8-14-24-11-2-5-18-28(24)30)31-21-9-15-25-12-3-6-19-29(25)31/h1-21H,22H2. The maximum atomic E-state index is 2.28. The van der Waals surface area contributed by atoms with Crippen LogP contribution in [-0.2, 0) is 6.42 Å². The summed E-state index contributed by atoms with van der Waals surface area (Å²) in [7, 11) is 0. The van der Waals surface area contributed by atoms with E-state index in [1.807, 2.05) is 0 Å². The molecule has 0 heterocycles. The van der Waals surface area contributed by atoms with E-state index >= 15 is 0 Å². The number of hydrogen-bond acceptors (Lipinski definition) is 0. The summed E-state index contributed by atoms with van der Waals surface area (Å²) in [5.74, 6) is 1.37. The van der Waals surface area contributed by atoms with Crippen LogP contribution in [0.1, 0.15) is 16.7 Å². The highest BCUT2D eigenvalue weighted by atomic mass is 14.2. The molecule has 0 fully saturated rings. The molecule has 0 unspecified atom stereocenters. The van der Waals surface area contributed by atoms with Gasteiger partial charge in [-0.05, 0) is 55.4 Å². The highest BCUT2D eigenvalue weighted by molar-refractivity contribution is 5.94. The van der Waals surface area contributed by atoms with Gasteiger partial charge in [0.25, 0.3) is 0 Å². The van der Waals surface area contributed by atoms with Crippen molar-refractivity contribution in [1.82, 2.24) is 0 Å². The summed E-state index contributed by atoms with van der Waals surface area (Å²) in [6, 6.07) is 46.1. The van der Waals surface area contributed by atoms with E-state index in [2.05, 4.69) is 127 Å². The number of fused-ring (bicyclic) bond motifs is 3. The molecular formula is C32H23. The second-order valence-electron chi connectivity index (χ2n) is 8.35. The predicted octanol–water partition coefficient (Wildman–Crippen LogP) is 8.36. The molecular weight excluding hydrogens is 384 g/mol. The zero-order valence-corrected chi connectivity index (χ0v) is 17.8. The van der Waals surface area contributed by atoms with Gasteiger partial charge in [-0.1, -0.05) is 127 Å². The van der Waals surface area contributed by atoms with Crippen molar-refractivity contribution in [1.29, 1.82) is 0 Å². The molecule has 0 bridgehead atoms. The van der Waals surface area contributed by atoms with Gasteiger partial charge >= 0.3 is 0 Å². The Bertz CT molecular complexity index is 1460. The molecule has 0 spiro atoms. The number of rotatable bonds is 4. The lowest BCUT2D eigenvalue weighted by Crippen LogP contribution is -2.08. The van der Waals surface area contributed by atoms with Gasteiger partial charge in [0.2, 0.25) is 0 Å². The third-order valence-corrected chi connectivity index (χ3v) is 6.48. The Morgan fingerprint density at radius 1 is 0.375 bits per heavy atom. The van der Waals surface area contributed by atoms with Crippen molar-refractivity contribution in [3.63, 3.8) is 0 Å². The summed E-state index contributed by atoms with van der Waals surface area (Å²) < 4.78 is 0. The second kappa shape index (κ2) is 7.98. The Morgan fingerprint density at radius 3 is 1.34 bits per heavy atom. The van der Waals surface area contributed by atoms with Gasteiger partial charge in [-0.2, -0.15) is 0 Å². The molecule has 0 heteroatoms. The van der Waals surface area contributed by atoms with Crippen molar-refractivity contribution in [2.75, 3.05) is 0 Å². The molecule has 32 heavy (non-hydrogen) atoms. The summed E-state index contributed by atoms with van der Waals surface area (Å²) >= 11 is 0. The van der Waals surface area contributed by atoms with Crippen LogP contribution in [0.15, 0.2) is 127 Å². The quantitative estimate of drug-likeness (QED) is 0.275. The van der Waals surface area contributed by atoms with Crippen LogP contribution in [0.4, 0.5) is 0 Å². The van der Waals surface area contributed by atoms with Gasteiger partial charge in [0, 0.05) is 5.92 Å². The first kappa shape index (κ1) is 18.8. The Kier molecular flexibility index (Phi) is 4.70. The molecule has 6 rings (SSSR count). The van der Waals surface area contributed by atoms with Gasteiger partial charge < -0.3 is 0 Å². The van der Waals surface area contributed by atoms with Crippen LogP contribution in [0.5, 0.6) is 0 Å². The smallest absolute Gasteiger partial charge is 0.0396 e. The Labute approximate surface area is 188 Å². The predicted molar refractivity (Wildman–Crippen MR) is 137 cm³/mol. The molecule has 151 valence electrons. The van der Waals surface area contributed by atoms with E-state index in [9.17, 15) is 0 Å². The van der Waals surface area contributed by atoms with Gasteiger partial charge in [0.05, 0.1) is 0 Å². The monoisotopic (exact) mass is 407 g/mol. The molecule has 0 saturated heterocycles.